The summed E-state index contributed by atoms with van der Waals surface area (Å²) in [6.07, 6.45) is 3.32. The van der Waals surface area contributed by atoms with Gasteiger partial charge in [-0.15, -0.1) is 0 Å². The largest absolute Gasteiger partial charge is 0.322 e. The fourth-order valence-electron chi connectivity index (χ4n) is 1.66. The van der Waals surface area contributed by atoms with Crippen LogP contribution in [0.25, 0.3) is 6.08 Å². The fraction of sp³-hybridized carbons (Fsp3) is 0.0625. The van der Waals surface area contributed by atoms with Crippen molar-refractivity contribution in [1.82, 2.24) is 0 Å². The summed E-state index contributed by atoms with van der Waals surface area (Å²) in [4.78, 5) is 11.8. The SMILES string of the molecule is Cc1ccccc1NC(=O)/C=C/c1ccccc1Br. The van der Waals surface area contributed by atoms with E-state index in [-0.39, 0.29) is 5.91 Å². The van der Waals surface area contributed by atoms with Crippen LogP contribution in [-0.2, 0) is 4.79 Å². The molecule has 0 saturated heterocycles. The van der Waals surface area contributed by atoms with Gasteiger partial charge in [0.15, 0.2) is 0 Å². The monoisotopic (exact) mass is 315 g/mol. The summed E-state index contributed by atoms with van der Waals surface area (Å²) < 4.78 is 0.968. The Bertz CT molecular complexity index is 620. The van der Waals surface area contributed by atoms with E-state index in [1.54, 1.807) is 6.08 Å². The fourth-order valence-corrected chi connectivity index (χ4v) is 2.08. The maximum absolute atomic E-state index is 11.8. The van der Waals surface area contributed by atoms with Gasteiger partial charge in [0.2, 0.25) is 5.91 Å². The third-order valence-corrected chi connectivity index (χ3v) is 3.44. The van der Waals surface area contributed by atoms with Gasteiger partial charge in [0.05, 0.1) is 0 Å². The number of amides is 1. The molecule has 0 fully saturated rings. The Morgan fingerprint density at radius 1 is 1.11 bits per heavy atom. The molecule has 2 aromatic carbocycles. The number of nitrogens with one attached hydrogen (secondary N) is 1. The first-order valence-electron chi connectivity index (χ1n) is 5.96. The highest BCUT2D eigenvalue weighted by atomic mass is 79.9. The number of hydrogen-bond donors (Lipinski definition) is 1. The van der Waals surface area contributed by atoms with Gasteiger partial charge in [0, 0.05) is 16.2 Å². The van der Waals surface area contributed by atoms with Crippen molar-refractivity contribution in [1.29, 1.82) is 0 Å². The number of benzene rings is 2. The van der Waals surface area contributed by atoms with Crippen LogP contribution in [0.4, 0.5) is 5.69 Å². The van der Waals surface area contributed by atoms with E-state index in [1.807, 2.05) is 55.5 Å². The molecule has 0 heterocycles. The van der Waals surface area contributed by atoms with Crippen LogP contribution in [-0.4, -0.2) is 5.91 Å². The second-order valence-corrected chi connectivity index (χ2v) is 5.01. The first-order chi connectivity index (χ1) is 9.16. The van der Waals surface area contributed by atoms with Gasteiger partial charge in [0.25, 0.3) is 0 Å². The van der Waals surface area contributed by atoms with Crippen molar-refractivity contribution in [2.24, 2.45) is 0 Å². The number of carbonyl (C=O) groups excluding carboxylic acids is 1. The zero-order valence-electron chi connectivity index (χ0n) is 10.6. The van der Waals surface area contributed by atoms with Crippen LogP contribution in [0.5, 0.6) is 0 Å². The summed E-state index contributed by atoms with van der Waals surface area (Å²) in [7, 11) is 0. The maximum atomic E-state index is 11.8. The van der Waals surface area contributed by atoms with Crippen LogP contribution < -0.4 is 5.32 Å². The molecular formula is C16H14BrNO. The third-order valence-electron chi connectivity index (χ3n) is 2.72. The van der Waals surface area contributed by atoms with E-state index < -0.39 is 0 Å². The zero-order valence-corrected chi connectivity index (χ0v) is 12.1. The van der Waals surface area contributed by atoms with Crippen molar-refractivity contribution < 1.29 is 4.79 Å². The Hall–Kier alpha value is -1.87. The Morgan fingerprint density at radius 3 is 2.53 bits per heavy atom. The number of halogens is 1. The highest BCUT2D eigenvalue weighted by molar-refractivity contribution is 9.10. The second-order valence-electron chi connectivity index (χ2n) is 4.16. The topological polar surface area (TPSA) is 29.1 Å². The minimum atomic E-state index is -0.134. The lowest BCUT2D eigenvalue weighted by atomic mass is 10.2. The van der Waals surface area contributed by atoms with Gasteiger partial charge in [-0.2, -0.15) is 0 Å². The van der Waals surface area contributed by atoms with Crippen LogP contribution in [0.15, 0.2) is 59.1 Å². The Labute approximate surface area is 121 Å². The van der Waals surface area contributed by atoms with E-state index in [0.717, 1.165) is 21.3 Å². The average Bonchev–Trinajstić information content (AvgIpc) is 2.40. The Balaban J connectivity index is 2.06. The molecular weight excluding hydrogens is 302 g/mol. The Kier molecular flexibility index (Phi) is 4.53. The van der Waals surface area contributed by atoms with Crippen molar-refractivity contribution in [2.45, 2.75) is 6.92 Å². The summed E-state index contributed by atoms with van der Waals surface area (Å²) in [5.74, 6) is -0.134. The lowest BCUT2D eigenvalue weighted by Gasteiger charge is -2.05. The summed E-state index contributed by atoms with van der Waals surface area (Å²) in [6.45, 7) is 1.97. The number of aryl methyl sites for hydroxylation is 1. The molecule has 0 aliphatic rings. The maximum Gasteiger partial charge on any atom is 0.248 e. The van der Waals surface area contributed by atoms with E-state index in [1.165, 1.54) is 6.08 Å². The molecule has 0 radical (unpaired) electrons. The molecule has 0 aliphatic heterocycles. The number of hydrogen-bond acceptors (Lipinski definition) is 1. The lowest BCUT2D eigenvalue weighted by molar-refractivity contribution is -0.111. The molecule has 1 N–H and O–H groups in total. The third kappa shape index (κ3) is 3.80. The molecule has 3 heteroatoms. The molecule has 1 amide bonds. The summed E-state index contributed by atoms with van der Waals surface area (Å²) >= 11 is 3.44. The molecule has 2 nitrogen and oxygen atoms in total. The number of anilines is 1. The average molecular weight is 316 g/mol. The van der Waals surface area contributed by atoms with Crippen LogP contribution in [0.2, 0.25) is 0 Å². The molecule has 96 valence electrons. The summed E-state index contributed by atoms with van der Waals surface area (Å²) in [5, 5.41) is 2.86. The van der Waals surface area contributed by atoms with E-state index in [2.05, 4.69) is 21.2 Å². The van der Waals surface area contributed by atoms with Gasteiger partial charge in [-0.1, -0.05) is 52.3 Å². The number of para-hydroxylation sites is 1. The van der Waals surface area contributed by atoms with Gasteiger partial charge < -0.3 is 5.32 Å². The molecule has 0 aromatic heterocycles. The van der Waals surface area contributed by atoms with Crippen molar-refractivity contribution in [3.8, 4) is 0 Å². The highest BCUT2D eigenvalue weighted by Crippen LogP contribution is 2.17. The predicted molar refractivity (Wildman–Crippen MR) is 83.0 cm³/mol. The van der Waals surface area contributed by atoms with Gasteiger partial charge in [-0.3, -0.25) is 4.79 Å². The van der Waals surface area contributed by atoms with E-state index >= 15 is 0 Å². The second kappa shape index (κ2) is 6.34. The molecule has 0 bridgehead atoms. The minimum Gasteiger partial charge on any atom is -0.322 e. The van der Waals surface area contributed by atoms with Crippen molar-refractivity contribution in [3.05, 3.63) is 70.2 Å². The quantitative estimate of drug-likeness (QED) is 0.835. The van der Waals surface area contributed by atoms with Crippen molar-refractivity contribution >= 4 is 33.6 Å². The molecule has 2 aromatic rings. The van der Waals surface area contributed by atoms with Gasteiger partial charge >= 0.3 is 0 Å². The smallest absolute Gasteiger partial charge is 0.248 e. The molecule has 19 heavy (non-hydrogen) atoms. The van der Waals surface area contributed by atoms with Gasteiger partial charge in [-0.05, 0) is 36.3 Å². The van der Waals surface area contributed by atoms with Crippen LogP contribution in [0.1, 0.15) is 11.1 Å². The normalized spacial score (nSPS) is 10.6. The van der Waals surface area contributed by atoms with Crippen LogP contribution in [0.3, 0.4) is 0 Å². The first kappa shape index (κ1) is 13.6. The van der Waals surface area contributed by atoms with E-state index in [0.29, 0.717) is 0 Å². The molecule has 2 rings (SSSR count). The predicted octanol–water partition coefficient (Wildman–Crippen LogP) is 4.41. The number of rotatable bonds is 3. The van der Waals surface area contributed by atoms with E-state index in [9.17, 15) is 4.79 Å². The van der Waals surface area contributed by atoms with Gasteiger partial charge in [0.1, 0.15) is 0 Å². The molecule has 0 unspecified atom stereocenters. The van der Waals surface area contributed by atoms with E-state index in [4.69, 9.17) is 0 Å². The molecule has 0 saturated carbocycles. The highest BCUT2D eigenvalue weighted by Gasteiger charge is 2.00. The van der Waals surface area contributed by atoms with Gasteiger partial charge in [-0.25, -0.2) is 0 Å². The van der Waals surface area contributed by atoms with Crippen LogP contribution >= 0.6 is 15.9 Å². The molecule has 0 atom stereocenters. The summed E-state index contributed by atoms with van der Waals surface area (Å²) in [6, 6.07) is 15.5. The molecule has 0 spiro atoms. The zero-order chi connectivity index (χ0) is 13.7. The number of carbonyl (C=O) groups is 1. The lowest BCUT2D eigenvalue weighted by Crippen LogP contribution is -2.08. The molecule has 0 aliphatic carbocycles. The van der Waals surface area contributed by atoms with Crippen molar-refractivity contribution in [3.63, 3.8) is 0 Å². The summed E-state index contributed by atoms with van der Waals surface area (Å²) in [5.41, 5.74) is 2.86. The standard InChI is InChI=1S/C16H14BrNO/c1-12-6-2-5-9-15(12)18-16(19)11-10-13-7-3-4-8-14(13)17/h2-11H,1H3,(H,18,19)/b11-10+. The van der Waals surface area contributed by atoms with Crippen molar-refractivity contribution in [2.75, 3.05) is 5.32 Å². The first-order valence-corrected chi connectivity index (χ1v) is 6.75. The van der Waals surface area contributed by atoms with Crippen LogP contribution in [0, 0.1) is 6.92 Å². The Morgan fingerprint density at radius 2 is 1.79 bits per heavy atom. The minimum absolute atomic E-state index is 0.134.